The molecule has 1 atom stereocenters. The lowest BCUT2D eigenvalue weighted by Crippen LogP contribution is -2.07. The second-order valence-corrected chi connectivity index (χ2v) is 5.82. The number of rotatable bonds is 6. The lowest BCUT2D eigenvalue weighted by molar-refractivity contribution is 0.301. The van der Waals surface area contributed by atoms with Gasteiger partial charge in [0.05, 0.1) is 6.61 Å². The normalized spacial score (nSPS) is 12.1. The Hall–Kier alpha value is -0.800. The zero-order chi connectivity index (χ0) is 13.5. The van der Waals surface area contributed by atoms with Crippen LogP contribution in [0.3, 0.4) is 0 Å². The first-order valence-electron chi connectivity index (χ1n) is 6.29. The highest BCUT2D eigenvalue weighted by atomic mass is 79.9. The van der Waals surface area contributed by atoms with Gasteiger partial charge in [-0.15, -0.1) is 0 Å². The van der Waals surface area contributed by atoms with Crippen LogP contribution < -0.4 is 4.74 Å². The van der Waals surface area contributed by atoms with Crippen molar-refractivity contribution in [3.63, 3.8) is 0 Å². The Morgan fingerprint density at radius 3 is 2.32 bits per heavy atom. The number of ether oxygens (including phenoxy) is 1. The molecule has 0 aliphatic carbocycles. The molecule has 0 amide bonds. The first kappa shape index (κ1) is 14.6. The number of hydrogen-bond acceptors (Lipinski definition) is 1. The topological polar surface area (TPSA) is 9.23 Å². The maximum absolute atomic E-state index is 5.76. The zero-order valence-electron chi connectivity index (χ0n) is 10.6. The van der Waals surface area contributed by atoms with E-state index in [2.05, 4.69) is 50.1 Å². The predicted octanol–water partition coefficient (Wildman–Crippen LogP) is 5.40. The van der Waals surface area contributed by atoms with Crippen LogP contribution in [0.25, 0.3) is 0 Å². The summed E-state index contributed by atoms with van der Waals surface area (Å²) in [6, 6.07) is 18.3. The first-order chi connectivity index (χ1) is 9.31. The molecule has 0 spiro atoms. The van der Waals surface area contributed by atoms with Crippen LogP contribution in [0.2, 0.25) is 0 Å². The Bertz CT molecular complexity index is 499. The third-order valence-corrected chi connectivity index (χ3v) is 4.51. The Balaban J connectivity index is 1.92. The average Bonchev–Trinajstić information content (AvgIpc) is 2.46. The van der Waals surface area contributed by atoms with E-state index in [4.69, 9.17) is 4.74 Å². The molecule has 0 radical (unpaired) electrons. The van der Waals surface area contributed by atoms with Gasteiger partial charge in [-0.3, -0.25) is 0 Å². The summed E-state index contributed by atoms with van der Waals surface area (Å²) in [5.74, 6) is 1.39. The van der Waals surface area contributed by atoms with Gasteiger partial charge < -0.3 is 4.74 Å². The molecule has 100 valence electrons. The molecule has 0 saturated heterocycles. The van der Waals surface area contributed by atoms with E-state index in [0.717, 1.165) is 24.1 Å². The lowest BCUT2D eigenvalue weighted by atomic mass is 9.98. The molecule has 0 bridgehead atoms. The number of para-hydroxylation sites is 1. The van der Waals surface area contributed by atoms with Crippen LogP contribution in [0.1, 0.15) is 17.9 Å². The summed E-state index contributed by atoms with van der Waals surface area (Å²) in [6.45, 7) is 0.724. The van der Waals surface area contributed by atoms with Gasteiger partial charge >= 0.3 is 0 Å². The number of hydrogen-bond donors (Lipinski definition) is 0. The summed E-state index contributed by atoms with van der Waals surface area (Å²) in [7, 11) is 0. The molecule has 1 unspecified atom stereocenters. The third kappa shape index (κ3) is 4.36. The predicted molar refractivity (Wildman–Crippen MR) is 87.2 cm³/mol. The monoisotopic (exact) mass is 382 g/mol. The van der Waals surface area contributed by atoms with Crippen molar-refractivity contribution in [2.75, 3.05) is 11.9 Å². The molecule has 2 aromatic rings. The van der Waals surface area contributed by atoms with E-state index in [-0.39, 0.29) is 0 Å². The van der Waals surface area contributed by atoms with Crippen LogP contribution in [0.15, 0.2) is 59.1 Å². The Morgan fingerprint density at radius 2 is 1.63 bits per heavy atom. The van der Waals surface area contributed by atoms with Crippen molar-refractivity contribution in [1.29, 1.82) is 0 Å². The van der Waals surface area contributed by atoms with Gasteiger partial charge in [0.2, 0.25) is 0 Å². The van der Waals surface area contributed by atoms with E-state index in [1.165, 1.54) is 10.0 Å². The summed E-state index contributed by atoms with van der Waals surface area (Å²) in [5.41, 5.74) is 1.33. The Morgan fingerprint density at radius 1 is 0.947 bits per heavy atom. The van der Waals surface area contributed by atoms with Gasteiger partial charge in [0, 0.05) is 9.80 Å². The fraction of sp³-hybridized carbons (Fsp3) is 0.250. The summed E-state index contributed by atoms with van der Waals surface area (Å²) in [4.78, 5) is 0. The van der Waals surface area contributed by atoms with Crippen LogP contribution in [0.5, 0.6) is 5.75 Å². The molecule has 2 aromatic carbocycles. The van der Waals surface area contributed by atoms with Crippen molar-refractivity contribution < 1.29 is 4.74 Å². The standard InChI is InChI=1S/C16H16Br2O/c17-12-13(15-8-4-5-9-16(15)18)10-11-19-14-6-2-1-3-7-14/h1-9,13H,10-12H2. The molecular formula is C16H16Br2O. The molecule has 2 rings (SSSR count). The fourth-order valence-electron chi connectivity index (χ4n) is 1.96. The molecule has 0 aliphatic heterocycles. The zero-order valence-corrected chi connectivity index (χ0v) is 13.7. The maximum atomic E-state index is 5.76. The largest absolute Gasteiger partial charge is 0.494 e. The van der Waals surface area contributed by atoms with E-state index < -0.39 is 0 Å². The molecule has 0 heterocycles. The number of benzene rings is 2. The van der Waals surface area contributed by atoms with E-state index in [9.17, 15) is 0 Å². The summed E-state index contributed by atoms with van der Waals surface area (Å²) in [5, 5.41) is 0.938. The van der Waals surface area contributed by atoms with E-state index in [1.54, 1.807) is 0 Å². The third-order valence-electron chi connectivity index (χ3n) is 3.01. The second-order valence-electron chi connectivity index (χ2n) is 4.32. The van der Waals surface area contributed by atoms with Gasteiger partial charge in [-0.05, 0) is 36.1 Å². The molecular weight excluding hydrogens is 368 g/mol. The molecule has 3 heteroatoms. The molecule has 0 aliphatic rings. The van der Waals surface area contributed by atoms with Crippen LogP contribution in [-0.2, 0) is 0 Å². The SMILES string of the molecule is BrCC(CCOc1ccccc1)c1ccccc1Br. The van der Waals surface area contributed by atoms with Crippen molar-refractivity contribution in [2.45, 2.75) is 12.3 Å². The maximum Gasteiger partial charge on any atom is 0.119 e. The van der Waals surface area contributed by atoms with Gasteiger partial charge in [-0.1, -0.05) is 68.3 Å². The van der Waals surface area contributed by atoms with E-state index >= 15 is 0 Å². The average molecular weight is 384 g/mol. The molecule has 0 saturated carbocycles. The van der Waals surface area contributed by atoms with Crippen LogP contribution in [-0.4, -0.2) is 11.9 Å². The fourth-order valence-corrected chi connectivity index (χ4v) is 3.24. The van der Waals surface area contributed by atoms with Gasteiger partial charge in [0.1, 0.15) is 5.75 Å². The molecule has 0 N–H and O–H groups in total. The summed E-state index contributed by atoms with van der Waals surface area (Å²) in [6.07, 6.45) is 0.989. The van der Waals surface area contributed by atoms with E-state index in [0.29, 0.717) is 5.92 Å². The minimum absolute atomic E-state index is 0.458. The second kappa shape index (κ2) is 7.71. The van der Waals surface area contributed by atoms with Crippen molar-refractivity contribution in [3.8, 4) is 5.75 Å². The molecule has 1 nitrogen and oxygen atoms in total. The van der Waals surface area contributed by atoms with Crippen molar-refractivity contribution in [1.82, 2.24) is 0 Å². The van der Waals surface area contributed by atoms with Gasteiger partial charge in [-0.2, -0.15) is 0 Å². The van der Waals surface area contributed by atoms with Gasteiger partial charge in [0.25, 0.3) is 0 Å². The van der Waals surface area contributed by atoms with Crippen molar-refractivity contribution in [2.24, 2.45) is 0 Å². The number of halogens is 2. The smallest absolute Gasteiger partial charge is 0.119 e. The van der Waals surface area contributed by atoms with E-state index in [1.807, 2.05) is 36.4 Å². The first-order valence-corrected chi connectivity index (χ1v) is 8.21. The molecule has 0 aromatic heterocycles. The minimum atomic E-state index is 0.458. The highest BCUT2D eigenvalue weighted by molar-refractivity contribution is 9.10. The van der Waals surface area contributed by atoms with Crippen LogP contribution in [0, 0.1) is 0 Å². The Kier molecular flexibility index (Phi) is 5.93. The van der Waals surface area contributed by atoms with Crippen molar-refractivity contribution >= 4 is 31.9 Å². The summed E-state index contributed by atoms with van der Waals surface area (Å²) >= 11 is 7.21. The Labute approximate surface area is 131 Å². The molecule has 0 fully saturated rings. The van der Waals surface area contributed by atoms with Crippen LogP contribution in [0.4, 0.5) is 0 Å². The number of alkyl halides is 1. The lowest BCUT2D eigenvalue weighted by Gasteiger charge is -2.16. The minimum Gasteiger partial charge on any atom is -0.494 e. The highest BCUT2D eigenvalue weighted by Crippen LogP contribution is 2.29. The molecule has 19 heavy (non-hydrogen) atoms. The van der Waals surface area contributed by atoms with Gasteiger partial charge in [-0.25, -0.2) is 0 Å². The van der Waals surface area contributed by atoms with Crippen LogP contribution >= 0.6 is 31.9 Å². The van der Waals surface area contributed by atoms with Gasteiger partial charge in [0.15, 0.2) is 0 Å². The summed E-state index contributed by atoms with van der Waals surface area (Å²) < 4.78 is 6.93. The quantitative estimate of drug-likeness (QED) is 0.607. The highest BCUT2D eigenvalue weighted by Gasteiger charge is 2.13. The van der Waals surface area contributed by atoms with Crippen molar-refractivity contribution in [3.05, 3.63) is 64.6 Å².